The van der Waals surface area contributed by atoms with Gasteiger partial charge in [-0.1, -0.05) is 23.7 Å². The number of benzene rings is 1. The fourth-order valence-corrected chi connectivity index (χ4v) is 2.01. The first kappa shape index (κ1) is 13.6. The van der Waals surface area contributed by atoms with Crippen LogP contribution in [0.4, 0.5) is 5.69 Å². The molecule has 0 saturated carbocycles. The summed E-state index contributed by atoms with van der Waals surface area (Å²) in [5.41, 5.74) is 2.88. The second-order valence-electron chi connectivity index (χ2n) is 4.43. The fraction of sp³-hybridized carbons (Fsp3) is 0.200. The number of para-hydroxylation sites is 1. The molecule has 0 saturated heterocycles. The zero-order valence-corrected chi connectivity index (χ0v) is 11.7. The molecule has 1 aromatic heterocycles. The molecule has 1 heterocycles. The lowest BCUT2D eigenvalue weighted by atomic mass is 10.2. The van der Waals surface area contributed by atoms with E-state index in [1.807, 2.05) is 48.9 Å². The van der Waals surface area contributed by atoms with Gasteiger partial charge in [0, 0.05) is 18.6 Å². The van der Waals surface area contributed by atoms with E-state index in [1.54, 1.807) is 12.1 Å². The highest BCUT2D eigenvalue weighted by Crippen LogP contribution is 2.20. The van der Waals surface area contributed by atoms with Gasteiger partial charge in [0.15, 0.2) is 11.9 Å². The summed E-state index contributed by atoms with van der Waals surface area (Å²) in [6.07, 6.45) is 1.90. The minimum Gasteiger partial charge on any atom is -0.319 e. The van der Waals surface area contributed by atoms with Crippen LogP contribution in [0.25, 0.3) is 0 Å². The van der Waals surface area contributed by atoms with Gasteiger partial charge in [-0.05, 0) is 25.1 Å². The smallest absolute Gasteiger partial charge is 0.290 e. The lowest BCUT2D eigenvalue weighted by Gasteiger charge is -2.06. The summed E-state index contributed by atoms with van der Waals surface area (Å²) in [5.74, 6) is -0.0909. The Kier molecular flexibility index (Phi) is 4.17. The second kappa shape index (κ2) is 5.85. The van der Waals surface area contributed by atoms with E-state index in [2.05, 4.69) is 5.32 Å². The predicted octanol–water partition coefficient (Wildman–Crippen LogP) is 2.88. The van der Waals surface area contributed by atoms with Gasteiger partial charge in [0.05, 0.1) is 10.7 Å². The number of aromatic nitrogens is 1. The largest absolute Gasteiger partial charge is 0.319 e. The Morgan fingerprint density at radius 1 is 1.21 bits per heavy atom. The van der Waals surface area contributed by atoms with E-state index in [4.69, 9.17) is 11.6 Å². The molecule has 0 unspecified atom stereocenters. The molecule has 19 heavy (non-hydrogen) atoms. The molecule has 3 nitrogen and oxygen atoms in total. The van der Waals surface area contributed by atoms with Crippen molar-refractivity contribution >= 4 is 23.2 Å². The molecule has 4 heteroatoms. The minimum atomic E-state index is -0.0909. The van der Waals surface area contributed by atoms with Crippen molar-refractivity contribution in [1.29, 1.82) is 0 Å². The summed E-state index contributed by atoms with van der Waals surface area (Å²) in [5, 5.41) is 3.36. The van der Waals surface area contributed by atoms with Gasteiger partial charge in [-0.2, -0.15) is 4.57 Å². The number of carbonyl (C=O) groups excluding carboxylic acids is 1. The molecule has 0 spiro atoms. The molecule has 0 bridgehead atoms. The van der Waals surface area contributed by atoms with Crippen LogP contribution in [0, 0.1) is 13.8 Å². The standard InChI is InChI=1S/C15H15ClN2O/c1-11-6-5-9-18(12(11)2)10-15(19)17-14-8-4-3-7-13(14)16/h3-9H,10H2,1-2H3/p+1. The first-order valence-electron chi connectivity index (χ1n) is 6.08. The number of anilines is 1. The second-order valence-corrected chi connectivity index (χ2v) is 4.84. The number of pyridine rings is 1. The first-order chi connectivity index (χ1) is 9.08. The predicted molar refractivity (Wildman–Crippen MR) is 76.2 cm³/mol. The number of amides is 1. The van der Waals surface area contributed by atoms with Crippen LogP contribution >= 0.6 is 11.6 Å². The lowest BCUT2D eigenvalue weighted by Crippen LogP contribution is -2.43. The van der Waals surface area contributed by atoms with Crippen molar-refractivity contribution in [3.05, 3.63) is 58.9 Å². The quantitative estimate of drug-likeness (QED) is 0.859. The topological polar surface area (TPSA) is 33.0 Å². The number of aryl methyl sites for hydroxylation is 1. The third-order valence-electron chi connectivity index (χ3n) is 3.08. The van der Waals surface area contributed by atoms with E-state index in [1.165, 1.54) is 0 Å². The van der Waals surface area contributed by atoms with Crippen LogP contribution in [-0.4, -0.2) is 5.91 Å². The van der Waals surface area contributed by atoms with Crippen LogP contribution in [0.2, 0.25) is 5.02 Å². The van der Waals surface area contributed by atoms with Gasteiger partial charge in [-0.3, -0.25) is 4.79 Å². The van der Waals surface area contributed by atoms with Crippen LogP contribution in [-0.2, 0) is 11.3 Å². The molecule has 0 aliphatic carbocycles. The average molecular weight is 276 g/mol. The van der Waals surface area contributed by atoms with Crippen molar-refractivity contribution in [3.8, 4) is 0 Å². The van der Waals surface area contributed by atoms with Gasteiger partial charge in [0.2, 0.25) is 6.54 Å². The molecule has 0 aliphatic rings. The Labute approximate surface area is 117 Å². The molecule has 0 aliphatic heterocycles. The van der Waals surface area contributed by atoms with E-state index in [-0.39, 0.29) is 12.5 Å². The lowest BCUT2D eigenvalue weighted by molar-refractivity contribution is -0.690. The highest BCUT2D eigenvalue weighted by Gasteiger charge is 2.14. The number of nitrogens with one attached hydrogen (secondary N) is 1. The summed E-state index contributed by atoms with van der Waals surface area (Å²) < 4.78 is 1.92. The van der Waals surface area contributed by atoms with Crippen LogP contribution < -0.4 is 9.88 Å². The number of rotatable bonds is 3. The van der Waals surface area contributed by atoms with Crippen LogP contribution in [0.1, 0.15) is 11.3 Å². The van der Waals surface area contributed by atoms with Crippen LogP contribution in [0.5, 0.6) is 0 Å². The molecule has 98 valence electrons. The van der Waals surface area contributed by atoms with E-state index in [0.29, 0.717) is 10.7 Å². The third kappa shape index (κ3) is 3.32. The third-order valence-corrected chi connectivity index (χ3v) is 3.41. The molecule has 0 fully saturated rings. The Morgan fingerprint density at radius 3 is 2.68 bits per heavy atom. The van der Waals surface area contributed by atoms with Gasteiger partial charge < -0.3 is 5.32 Å². The van der Waals surface area contributed by atoms with E-state index < -0.39 is 0 Å². The summed E-state index contributed by atoms with van der Waals surface area (Å²) in [7, 11) is 0. The maximum Gasteiger partial charge on any atom is 0.290 e. The van der Waals surface area contributed by atoms with Gasteiger partial charge >= 0.3 is 0 Å². The fourth-order valence-electron chi connectivity index (χ4n) is 1.83. The summed E-state index contributed by atoms with van der Waals surface area (Å²) in [6, 6.07) is 11.2. The van der Waals surface area contributed by atoms with E-state index >= 15 is 0 Å². The highest BCUT2D eigenvalue weighted by atomic mass is 35.5. The molecule has 1 aromatic carbocycles. The molecular formula is C15H16ClN2O+. The zero-order valence-electron chi connectivity index (χ0n) is 11.0. The number of halogens is 1. The first-order valence-corrected chi connectivity index (χ1v) is 6.46. The normalized spacial score (nSPS) is 10.3. The summed E-state index contributed by atoms with van der Waals surface area (Å²) in [4.78, 5) is 12.0. The molecule has 0 radical (unpaired) electrons. The molecule has 1 N–H and O–H groups in total. The highest BCUT2D eigenvalue weighted by molar-refractivity contribution is 6.33. The number of hydrogen-bond donors (Lipinski definition) is 1. The number of hydrogen-bond acceptors (Lipinski definition) is 1. The minimum absolute atomic E-state index is 0.0909. The summed E-state index contributed by atoms with van der Waals surface area (Å²) in [6.45, 7) is 4.30. The SMILES string of the molecule is Cc1ccc[n+](CC(=O)Nc2ccccc2Cl)c1C. The number of carbonyl (C=O) groups is 1. The van der Waals surface area contributed by atoms with Gasteiger partial charge in [0.1, 0.15) is 0 Å². The average Bonchev–Trinajstić information content (AvgIpc) is 2.38. The molecule has 0 atom stereocenters. The van der Waals surface area contributed by atoms with Gasteiger partial charge in [0.25, 0.3) is 5.91 Å². The van der Waals surface area contributed by atoms with Gasteiger partial charge in [-0.15, -0.1) is 0 Å². The van der Waals surface area contributed by atoms with Crippen molar-refractivity contribution < 1.29 is 9.36 Å². The van der Waals surface area contributed by atoms with Crippen LogP contribution in [0.15, 0.2) is 42.6 Å². The monoisotopic (exact) mass is 275 g/mol. The van der Waals surface area contributed by atoms with Crippen LogP contribution in [0.3, 0.4) is 0 Å². The number of nitrogens with zero attached hydrogens (tertiary/aromatic N) is 1. The molecule has 2 rings (SSSR count). The van der Waals surface area contributed by atoms with Crippen molar-refractivity contribution in [2.75, 3.05) is 5.32 Å². The van der Waals surface area contributed by atoms with Crippen molar-refractivity contribution in [2.45, 2.75) is 20.4 Å². The summed E-state index contributed by atoms with van der Waals surface area (Å²) >= 11 is 6.01. The van der Waals surface area contributed by atoms with Crippen molar-refractivity contribution in [3.63, 3.8) is 0 Å². The van der Waals surface area contributed by atoms with E-state index in [0.717, 1.165) is 11.3 Å². The molecular weight excluding hydrogens is 260 g/mol. The Bertz CT molecular complexity index is 611. The van der Waals surface area contributed by atoms with Crippen molar-refractivity contribution in [1.82, 2.24) is 0 Å². The molecule has 1 amide bonds. The van der Waals surface area contributed by atoms with Gasteiger partial charge in [-0.25, -0.2) is 0 Å². The van der Waals surface area contributed by atoms with E-state index in [9.17, 15) is 4.79 Å². The Hall–Kier alpha value is -1.87. The maximum absolute atomic E-state index is 12.0. The van der Waals surface area contributed by atoms with Crippen molar-refractivity contribution in [2.24, 2.45) is 0 Å². The molecule has 2 aromatic rings. The Balaban J connectivity index is 2.10. The Morgan fingerprint density at radius 2 is 1.95 bits per heavy atom. The maximum atomic E-state index is 12.0. The zero-order chi connectivity index (χ0) is 13.8.